The van der Waals surface area contributed by atoms with E-state index in [9.17, 15) is 24.5 Å². The summed E-state index contributed by atoms with van der Waals surface area (Å²) in [6.45, 7) is 7.03. The van der Waals surface area contributed by atoms with Crippen molar-refractivity contribution in [3.05, 3.63) is 74.8 Å². The first-order valence-corrected chi connectivity index (χ1v) is 12.4. The molecule has 1 aromatic carbocycles. The normalized spacial score (nSPS) is 20.1. The highest BCUT2D eigenvalue weighted by Gasteiger charge is 2.57. The van der Waals surface area contributed by atoms with Crippen LogP contribution in [-0.2, 0) is 25.7 Å². The second kappa shape index (κ2) is 11.4. The van der Waals surface area contributed by atoms with Gasteiger partial charge in [0, 0.05) is 47.6 Å². The Morgan fingerprint density at radius 2 is 2.09 bits per heavy atom. The summed E-state index contributed by atoms with van der Waals surface area (Å²) in [5.74, 6) is -0.435. The standard InChI is InChI=1S/C23H25N3O6S2/c1-4-10-33-14(2)20-18-12-19(34-11-9-24-15(3)27)21(25(18)22(20)28)23(29)32-13-16-5-7-17(8-6-16)26(30)31/h4-9,11,14,18,20H,1,10,12-13H2,2-3H3,(H,24,27)/t14?,18-,20-/m1/s1. The minimum Gasteiger partial charge on any atom is -0.456 e. The Balaban J connectivity index is 1.74. The Kier molecular flexibility index (Phi) is 8.56. The van der Waals surface area contributed by atoms with E-state index in [4.69, 9.17) is 4.74 Å². The van der Waals surface area contributed by atoms with E-state index >= 15 is 0 Å². The number of nitrogens with one attached hydrogen (secondary N) is 1. The van der Waals surface area contributed by atoms with E-state index in [1.54, 1.807) is 23.2 Å². The molecular weight excluding hydrogens is 478 g/mol. The number of hydrogen-bond acceptors (Lipinski definition) is 8. The van der Waals surface area contributed by atoms with Crippen LogP contribution < -0.4 is 5.32 Å². The number of hydrogen-bond donors (Lipinski definition) is 1. The van der Waals surface area contributed by atoms with E-state index in [1.807, 2.05) is 6.92 Å². The lowest BCUT2D eigenvalue weighted by atomic mass is 9.85. The number of benzene rings is 1. The van der Waals surface area contributed by atoms with Gasteiger partial charge in [-0.2, -0.15) is 11.8 Å². The van der Waals surface area contributed by atoms with Gasteiger partial charge < -0.3 is 15.0 Å². The molecule has 1 unspecified atom stereocenters. The highest BCUT2D eigenvalue weighted by molar-refractivity contribution is 8.05. The highest BCUT2D eigenvalue weighted by atomic mass is 32.2. The molecule has 1 saturated heterocycles. The fourth-order valence-electron chi connectivity index (χ4n) is 3.83. The Morgan fingerprint density at radius 3 is 2.71 bits per heavy atom. The van der Waals surface area contributed by atoms with Crippen molar-refractivity contribution in [2.45, 2.75) is 38.2 Å². The third-order valence-electron chi connectivity index (χ3n) is 5.43. The molecule has 34 heavy (non-hydrogen) atoms. The van der Waals surface area contributed by atoms with Crippen LogP contribution >= 0.6 is 23.5 Å². The minimum atomic E-state index is -0.630. The van der Waals surface area contributed by atoms with Gasteiger partial charge in [0.1, 0.15) is 12.3 Å². The quantitative estimate of drug-likeness (QED) is 0.160. The Labute approximate surface area is 205 Å². The molecule has 0 aromatic heterocycles. The van der Waals surface area contributed by atoms with Gasteiger partial charge in [-0.25, -0.2) is 4.79 Å². The number of esters is 1. The number of carbonyl (C=O) groups excluding carboxylic acids is 3. The summed E-state index contributed by atoms with van der Waals surface area (Å²) in [7, 11) is 0. The SMILES string of the molecule is C=CCSC(C)[C@H]1C(=O)N2C(C(=O)OCc3ccc([N+](=O)[O-])cc3)=C(SC=CNC(C)=O)C[C@H]12. The average molecular weight is 504 g/mol. The molecule has 0 radical (unpaired) electrons. The van der Waals surface area contributed by atoms with Crippen LogP contribution in [0.4, 0.5) is 5.69 Å². The van der Waals surface area contributed by atoms with E-state index < -0.39 is 10.9 Å². The number of rotatable bonds is 11. The lowest BCUT2D eigenvalue weighted by Crippen LogP contribution is -2.61. The smallest absolute Gasteiger partial charge is 0.356 e. The predicted molar refractivity (Wildman–Crippen MR) is 131 cm³/mol. The summed E-state index contributed by atoms with van der Waals surface area (Å²) < 4.78 is 5.46. The molecule has 1 aromatic rings. The number of fused-ring (bicyclic) bond motifs is 1. The van der Waals surface area contributed by atoms with Crippen LogP contribution in [-0.4, -0.2) is 44.7 Å². The first-order valence-electron chi connectivity index (χ1n) is 10.5. The van der Waals surface area contributed by atoms with Gasteiger partial charge in [-0.15, -0.1) is 6.58 Å². The van der Waals surface area contributed by atoms with Crippen LogP contribution in [0.2, 0.25) is 0 Å². The fourth-order valence-corrected chi connectivity index (χ4v) is 5.64. The molecule has 3 atom stereocenters. The van der Waals surface area contributed by atoms with Crippen LogP contribution in [0.1, 0.15) is 25.8 Å². The number of nitrogens with zero attached hydrogens (tertiary/aromatic N) is 2. The molecular formula is C23H25N3O6S2. The summed E-state index contributed by atoms with van der Waals surface area (Å²) in [6, 6.07) is 5.60. The zero-order valence-electron chi connectivity index (χ0n) is 18.8. The van der Waals surface area contributed by atoms with Gasteiger partial charge in [-0.1, -0.05) is 24.8 Å². The maximum atomic E-state index is 13.0. The summed E-state index contributed by atoms with van der Waals surface area (Å²) in [5.41, 5.74) is 0.754. The summed E-state index contributed by atoms with van der Waals surface area (Å²) in [5, 5.41) is 15.1. The van der Waals surface area contributed by atoms with Gasteiger partial charge in [0.05, 0.1) is 16.9 Å². The molecule has 9 nitrogen and oxygen atoms in total. The van der Waals surface area contributed by atoms with Crippen molar-refractivity contribution in [3.63, 3.8) is 0 Å². The first-order chi connectivity index (χ1) is 16.2. The van der Waals surface area contributed by atoms with E-state index in [0.717, 1.165) is 5.75 Å². The summed E-state index contributed by atoms with van der Waals surface area (Å²) in [4.78, 5) is 49.6. The van der Waals surface area contributed by atoms with Crippen molar-refractivity contribution in [2.24, 2.45) is 5.92 Å². The average Bonchev–Trinajstić information content (AvgIpc) is 3.13. The summed E-state index contributed by atoms with van der Waals surface area (Å²) in [6.07, 6.45) is 3.80. The molecule has 2 aliphatic rings. The lowest BCUT2D eigenvalue weighted by Gasteiger charge is -2.46. The van der Waals surface area contributed by atoms with Crippen molar-refractivity contribution >= 4 is 47.0 Å². The van der Waals surface area contributed by atoms with Gasteiger partial charge >= 0.3 is 5.97 Å². The monoisotopic (exact) mass is 503 g/mol. The zero-order chi connectivity index (χ0) is 24.8. The van der Waals surface area contributed by atoms with E-state index in [-0.39, 0.29) is 47.0 Å². The van der Waals surface area contributed by atoms with Crippen molar-refractivity contribution in [1.29, 1.82) is 0 Å². The number of amides is 2. The van der Waals surface area contributed by atoms with Crippen molar-refractivity contribution < 1.29 is 24.0 Å². The van der Waals surface area contributed by atoms with Gasteiger partial charge in [-0.3, -0.25) is 19.7 Å². The largest absolute Gasteiger partial charge is 0.456 e. The van der Waals surface area contributed by atoms with Crippen LogP contribution in [0.5, 0.6) is 0 Å². The number of non-ortho nitro benzene ring substituents is 1. The van der Waals surface area contributed by atoms with Crippen LogP contribution in [0.25, 0.3) is 0 Å². The van der Waals surface area contributed by atoms with Crippen LogP contribution in [0, 0.1) is 16.0 Å². The first kappa shape index (κ1) is 25.6. The molecule has 0 spiro atoms. The number of carbonyl (C=O) groups is 3. The topological polar surface area (TPSA) is 119 Å². The molecule has 2 amide bonds. The lowest BCUT2D eigenvalue weighted by molar-refractivity contribution is -0.384. The number of ether oxygens (including phenoxy) is 1. The molecule has 2 heterocycles. The maximum Gasteiger partial charge on any atom is 0.356 e. The second-order valence-electron chi connectivity index (χ2n) is 7.73. The maximum absolute atomic E-state index is 13.0. The molecule has 0 saturated carbocycles. The number of nitro benzene ring substituents is 1. The Morgan fingerprint density at radius 1 is 1.38 bits per heavy atom. The van der Waals surface area contributed by atoms with E-state index in [0.29, 0.717) is 16.9 Å². The van der Waals surface area contributed by atoms with Gasteiger partial charge in [-0.05, 0) is 23.1 Å². The van der Waals surface area contributed by atoms with Crippen molar-refractivity contribution in [2.75, 3.05) is 5.75 Å². The van der Waals surface area contributed by atoms with Gasteiger partial charge in [0.2, 0.25) is 11.8 Å². The van der Waals surface area contributed by atoms with Gasteiger partial charge in [0.15, 0.2) is 0 Å². The Hall–Kier alpha value is -3.05. The van der Waals surface area contributed by atoms with Gasteiger partial charge in [0.25, 0.3) is 5.69 Å². The molecule has 1 N–H and O–H groups in total. The molecule has 11 heteroatoms. The number of nitro groups is 1. The molecule has 3 rings (SSSR count). The van der Waals surface area contributed by atoms with Crippen molar-refractivity contribution in [3.8, 4) is 0 Å². The van der Waals surface area contributed by atoms with E-state index in [1.165, 1.54) is 54.1 Å². The molecule has 0 bridgehead atoms. The predicted octanol–water partition coefficient (Wildman–Crippen LogP) is 3.73. The third-order valence-corrected chi connectivity index (χ3v) is 7.59. The third kappa shape index (κ3) is 5.71. The number of β-lactam (4-membered cyclic amide) rings is 1. The number of thioether (sulfide) groups is 2. The molecule has 180 valence electrons. The zero-order valence-corrected chi connectivity index (χ0v) is 20.4. The second-order valence-corrected chi connectivity index (χ2v) is 10.1. The van der Waals surface area contributed by atoms with Crippen molar-refractivity contribution in [1.82, 2.24) is 10.2 Å². The van der Waals surface area contributed by atoms with Crippen LogP contribution in [0.15, 0.2) is 59.1 Å². The molecule has 2 aliphatic heterocycles. The van der Waals surface area contributed by atoms with Crippen LogP contribution in [0.3, 0.4) is 0 Å². The molecule has 1 fully saturated rings. The highest BCUT2D eigenvalue weighted by Crippen LogP contribution is 2.49. The Bertz CT molecular complexity index is 1050. The minimum absolute atomic E-state index is 0.0540. The summed E-state index contributed by atoms with van der Waals surface area (Å²) >= 11 is 2.90. The molecule has 0 aliphatic carbocycles. The van der Waals surface area contributed by atoms with E-state index in [2.05, 4.69) is 11.9 Å². The fraction of sp³-hybridized carbons (Fsp3) is 0.348.